The van der Waals surface area contributed by atoms with Crippen molar-refractivity contribution >= 4 is 34.8 Å². The molecular weight excluding hydrogens is 444 g/mol. The molecule has 2 aromatic heterocycles. The number of pyridine rings is 1. The molecule has 1 saturated heterocycles. The third-order valence-corrected chi connectivity index (χ3v) is 5.95. The lowest BCUT2D eigenvalue weighted by Gasteiger charge is -2.35. The smallest absolute Gasteiger partial charge is 0.330 e. The number of piperidine rings is 1. The highest BCUT2D eigenvalue weighted by atomic mass is 35.5. The lowest BCUT2D eigenvalue weighted by molar-refractivity contribution is -0.123. The number of nitrogens with one attached hydrogen (secondary N) is 1. The number of anilines is 3. The molecule has 1 fully saturated rings. The van der Waals surface area contributed by atoms with Crippen LogP contribution in [0.4, 0.5) is 17.3 Å². The van der Waals surface area contributed by atoms with Gasteiger partial charge in [-0.25, -0.2) is 9.78 Å². The number of carbonyl (C=O) groups is 1. The van der Waals surface area contributed by atoms with E-state index < -0.39 is 11.2 Å². The number of hydrogen-bond acceptors (Lipinski definition) is 6. The molecule has 3 heterocycles. The van der Waals surface area contributed by atoms with E-state index in [1.54, 1.807) is 12.3 Å². The van der Waals surface area contributed by atoms with E-state index in [1.807, 2.05) is 33.8 Å². The van der Waals surface area contributed by atoms with Gasteiger partial charge in [-0.1, -0.05) is 39.3 Å². The van der Waals surface area contributed by atoms with Crippen molar-refractivity contribution in [1.29, 1.82) is 0 Å². The average Bonchev–Trinajstić information content (AvgIpc) is 2.75. The van der Waals surface area contributed by atoms with Crippen LogP contribution in [0, 0.1) is 17.8 Å². The van der Waals surface area contributed by atoms with Gasteiger partial charge in [-0.05, 0) is 36.8 Å². The van der Waals surface area contributed by atoms with Gasteiger partial charge in [0.1, 0.15) is 11.6 Å². The van der Waals surface area contributed by atoms with E-state index in [0.717, 1.165) is 5.82 Å². The van der Waals surface area contributed by atoms with E-state index in [2.05, 4.69) is 14.9 Å². The van der Waals surface area contributed by atoms with Gasteiger partial charge in [-0.3, -0.25) is 19.1 Å². The minimum Gasteiger partial charge on any atom is -0.383 e. The Balaban J connectivity index is 1.87. The number of aromatic nitrogens is 3. The SMILES string of the molecule is CC(C)CN(C(=O)C1CCN(c2ccc(Cl)cn2)CC1)c1c(N)n(CC(C)C)c(=O)[nH]c1=O. The topological polar surface area (TPSA) is 117 Å². The number of H-pyrrole nitrogens is 1. The van der Waals surface area contributed by atoms with Crippen molar-refractivity contribution in [2.24, 2.45) is 17.8 Å². The molecule has 1 aliphatic rings. The fourth-order valence-electron chi connectivity index (χ4n) is 4.17. The van der Waals surface area contributed by atoms with Gasteiger partial charge < -0.3 is 15.5 Å². The molecule has 3 rings (SSSR count). The minimum atomic E-state index is -0.630. The van der Waals surface area contributed by atoms with Crippen LogP contribution < -0.4 is 26.8 Å². The summed E-state index contributed by atoms with van der Waals surface area (Å²) >= 11 is 5.93. The maximum atomic E-state index is 13.6. The summed E-state index contributed by atoms with van der Waals surface area (Å²) < 4.78 is 1.34. The predicted molar refractivity (Wildman–Crippen MR) is 132 cm³/mol. The van der Waals surface area contributed by atoms with Gasteiger partial charge in [-0.15, -0.1) is 0 Å². The molecule has 33 heavy (non-hydrogen) atoms. The number of hydrogen-bond donors (Lipinski definition) is 2. The zero-order valence-electron chi connectivity index (χ0n) is 19.7. The Morgan fingerprint density at radius 3 is 2.42 bits per heavy atom. The zero-order valence-corrected chi connectivity index (χ0v) is 20.4. The third kappa shape index (κ3) is 5.76. The van der Waals surface area contributed by atoms with Crippen LogP contribution in [-0.4, -0.2) is 40.1 Å². The summed E-state index contributed by atoms with van der Waals surface area (Å²) in [6.45, 7) is 9.88. The monoisotopic (exact) mass is 476 g/mol. The van der Waals surface area contributed by atoms with Crippen LogP contribution in [0.25, 0.3) is 0 Å². The molecule has 0 aliphatic carbocycles. The molecule has 0 spiro atoms. The predicted octanol–water partition coefficient (Wildman–Crippen LogP) is 2.73. The van der Waals surface area contributed by atoms with E-state index in [0.29, 0.717) is 44.0 Å². The third-order valence-electron chi connectivity index (χ3n) is 5.73. The van der Waals surface area contributed by atoms with Crippen molar-refractivity contribution in [2.75, 3.05) is 35.2 Å². The molecule has 0 unspecified atom stereocenters. The molecule has 1 aliphatic heterocycles. The van der Waals surface area contributed by atoms with Gasteiger partial charge in [0.2, 0.25) is 5.91 Å². The fourth-order valence-corrected chi connectivity index (χ4v) is 4.28. The number of nitrogens with zero attached hydrogens (tertiary/aromatic N) is 4. The number of aromatic amines is 1. The Morgan fingerprint density at radius 2 is 1.88 bits per heavy atom. The molecule has 10 heteroatoms. The van der Waals surface area contributed by atoms with E-state index in [9.17, 15) is 14.4 Å². The molecule has 2 aromatic rings. The maximum Gasteiger partial charge on any atom is 0.330 e. The van der Waals surface area contributed by atoms with E-state index >= 15 is 0 Å². The average molecular weight is 477 g/mol. The van der Waals surface area contributed by atoms with Gasteiger partial charge in [0.25, 0.3) is 5.56 Å². The van der Waals surface area contributed by atoms with Gasteiger partial charge in [-0.2, -0.15) is 0 Å². The second-order valence-corrected chi connectivity index (χ2v) is 9.87. The lowest BCUT2D eigenvalue weighted by atomic mass is 9.94. The first-order valence-corrected chi connectivity index (χ1v) is 11.8. The number of halogens is 1. The van der Waals surface area contributed by atoms with Gasteiger partial charge in [0.05, 0.1) is 5.02 Å². The number of amides is 1. The second-order valence-electron chi connectivity index (χ2n) is 9.44. The highest BCUT2D eigenvalue weighted by molar-refractivity contribution is 6.30. The largest absolute Gasteiger partial charge is 0.383 e. The van der Waals surface area contributed by atoms with Crippen LogP contribution in [0.2, 0.25) is 5.02 Å². The highest BCUT2D eigenvalue weighted by Gasteiger charge is 2.33. The summed E-state index contributed by atoms with van der Waals surface area (Å²) in [4.78, 5) is 49.1. The van der Waals surface area contributed by atoms with Crippen molar-refractivity contribution in [3.05, 3.63) is 44.2 Å². The maximum absolute atomic E-state index is 13.6. The Bertz CT molecular complexity index is 1080. The van der Waals surface area contributed by atoms with Crippen molar-refractivity contribution in [1.82, 2.24) is 14.5 Å². The van der Waals surface area contributed by atoms with Crippen LogP contribution in [0.15, 0.2) is 27.9 Å². The first-order chi connectivity index (χ1) is 15.6. The van der Waals surface area contributed by atoms with E-state index in [4.69, 9.17) is 17.3 Å². The Hall–Kier alpha value is -2.81. The molecular formula is C23H33ClN6O3. The van der Waals surface area contributed by atoms with E-state index in [1.165, 1.54) is 9.47 Å². The standard InChI is InChI=1S/C23H33ClN6O3/c1-14(2)12-29(19-20(25)30(13-15(3)4)23(33)27-21(19)31)22(32)16-7-9-28(10-8-16)18-6-5-17(24)11-26-18/h5-6,11,14-16H,7-10,12-13,25H2,1-4H3,(H,27,31,33). The molecule has 9 nitrogen and oxygen atoms in total. The van der Waals surface area contributed by atoms with Gasteiger partial charge in [0.15, 0.2) is 5.69 Å². The van der Waals surface area contributed by atoms with Crippen molar-refractivity contribution in [2.45, 2.75) is 47.1 Å². The summed E-state index contributed by atoms with van der Waals surface area (Å²) in [6.07, 6.45) is 2.86. The molecule has 1 amide bonds. The van der Waals surface area contributed by atoms with Crippen LogP contribution in [-0.2, 0) is 11.3 Å². The lowest BCUT2D eigenvalue weighted by Crippen LogP contribution is -2.47. The molecule has 0 bridgehead atoms. The summed E-state index contributed by atoms with van der Waals surface area (Å²) in [5.74, 6) is 0.719. The van der Waals surface area contributed by atoms with E-state index in [-0.39, 0.29) is 35.2 Å². The first-order valence-electron chi connectivity index (χ1n) is 11.4. The molecule has 0 saturated carbocycles. The number of carbonyl (C=O) groups excluding carboxylic acids is 1. The summed E-state index contributed by atoms with van der Waals surface area (Å²) in [6, 6.07) is 3.67. The zero-order chi connectivity index (χ0) is 24.3. The van der Waals surface area contributed by atoms with Crippen molar-refractivity contribution in [3.63, 3.8) is 0 Å². The Kier molecular flexibility index (Phi) is 7.84. The van der Waals surface area contributed by atoms with Crippen molar-refractivity contribution in [3.8, 4) is 0 Å². The Morgan fingerprint density at radius 1 is 1.21 bits per heavy atom. The Labute approximate surface area is 198 Å². The van der Waals surface area contributed by atoms with Crippen LogP contribution in [0.5, 0.6) is 0 Å². The summed E-state index contributed by atoms with van der Waals surface area (Å²) in [7, 11) is 0. The molecule has 0 aromatic carbocycles. The minimum absolute atomic E-state index is 0.0363. The van der Waals surface area contributed by atoms with Gasteiger partial charge in [0, 0.05) is 38.3 Å². The fraction of sp³-hybridized carbons (Fsp3) is 0.565. The molecule has 180 valence electrons. The normalized spacial score (nSPS) is 14.8. The highest BCUT2D eigenvalue weighted by Crippen LogP contribution is 2.27. The van der Waals surface area contributed by atoms with Crippen molar-refractivity contribution < 1.29 is 4.79 Å². The molecule has 0 radical (unpaired) electrons. The second kappa shape index (κ2) is 10.4. The van der Waals surface area contributed by atoms with Crippen LogP contribution in [0.3, 0.4) is 0 Å². The number of nitrogens with two attached hydrogens (primary N) is 1. The molecule has 3 N–H and O–H groups in total. The first kappa shape index (κ1) is 24.8. The van der Waals surface area contributed by atoms with Gasteiger partial charge >= 0.3 is 5.69 Å². The summed E-state index contributed by atoms with van der Waals surface area (Å²) in [5.41, 5.74) is 5.18. The van der Waals surface area contributed by atoms with Crippen LogP contribution >= 0.6 is 11.6 Å². The quantitative estimate of drug-likeness (QED) is 0.634. The van der Waals surface area contributed by atoms with Crippen LogP contribution in [0.1, 0.15) is 40.5 Å². The number of nitrogen functional groups attached to an aromatic ring is 1. The summed E-state index contributed by atoms with van der Waals surface area (Å²) in [5, 5.41) is 0.578. The molecule has 0 atom stereocenters. The number of rotatable bonds is 7.